The Morgan fingerprint density at radius 1 is 1.18 bits per heavy atom. The maximum absolute atomic E-state index is 13.5. The second-order valence-electron chi connectivity index (χ2n) is 3.57. The molecule has 0 unspecified atom stereocenters. The minimum absolute atomic E-state index is 0.290. The summed E-state index contributed by atoms with van der Waals surface area (Å²) in [6.45, 7) is 0. The Morgan fingerprint density at radius 3 is 2.65 bits per heavy atom. The molecule has 0 heterocycles. The Bertz CT molecular complexity index is 531. The maximum atomic E-state index is 13.5. The molecule has 0 saturated heterocycles. The fourth-order valence-corrected chi connectivity index (χ4v) is 2.61. The van der Waals surface area contributed by atoms with Crippen molar-refractivity contribution in [3.8, 4) is 0 Å². The first-order valence-electron chi connectivity index (χ1n) is 5.08. The van der Waals surface area contributed by atoms with E-state index in [0.717, 1.165) is 5.56 Å². The van der Waals surface area contributed by atoms with E-state index in [1.807, 2.05) is 24.3 Å². The quantitative estimate of drug-likeness (QED) is 0.661. The van der Waals surface area contributed by atoms with E-state index in [-0.39, 0.29) is 5.82 Å². The van der Waals surface area contributed by atoms with Crippen LogP contribution in [0, 0.1) is 5.82 Å². The summed E-state index contributed by atoms with van der Waals surface area (Å²) >= 11 is 7.44. The zero-order chi connectivity index (χ0) is 12.3. The minimum Gasteiger partial charge on any atom is -0.399 e. The van der Waals surface area contributed by atoms with Gasteiger partial charge < -0.3 is 5.73 Å². The highest BCUT2D eigenvalue weighted by Gasteiger charge is 2.05. The van der Waals surface area contributed by atoms with E-state index in [1.54, 1.807) is 12.1 Å². The number of benzene rings is 2. The van der Waals surface area contributed by atoms with Crippen LogP contribution in [0.3, 0.4) is 0 Å². The molecule has 0 saturated carbocycles. The van der Waals surface area contributed by atoms with Crippen LogP contribution in [0.15, 0.2) is 47.4 Å². The summed E-state index contributed by atoms with van der Waals surface area (Å²) < 4.78 is 13.5. The smallest absolute Gasteiger partial charge is 0.138 e. The number of thioether (sulfide) groups is 1. The summed E-state index contributed by atoms with van der Waals surface area (Å²) in [4.78, 5) is 0.583. The molecule has 2 aromatic carbocycles. The van der Waals surface area contributed by atoms with E-state index in [1.165, 1.54) is 17.8 Å². The molecule has 1 nitrogen and oxygen atoms in total. The molecule has 0 aliphatic rings. The number of hydrogen-bond acceptors (Lipinski definition) is 2. The van der Waals surface area contributed by atoms with Crippen LogP contribution in [0.2, 0.25) is 5.02 Å². The van der Waals surface area contributed by atoms with Crippen molar-refractivity contribution in [2.45, 2.75) is 10.6 Å². The lowest BCUT2D eigenvalue weighted by molar-refractivity contribution is 0.603. The van der Waals surface area contributed by atoms with Crippen molar-refractivity contribution in [1.29, 1.82) is 0 Å². The van der Waals surface area contributed by atoms with Crippen molar-refractivity contribution in [2.75, 3.05) is 5.73 Å². The molecule has 0 atom stereocenters. The summed E-state index contributed by atoms with van der Waals surface area (Å²) in [5.74, 6) is 0.350. The van der Waals surface area contributed by atoms with Gasteiger partial charge in [0.2, 0.25) is 0 Å². The Morgan fingerprint density at radius 2 is 1.94 bits per heavy atom. The van der Waals surface area contributed by atoms with Gasteiger partial charge in [0.05, 0.1) is 0 Å². The number of halogens is 2. The first-order valence-corrected chi connectivity index (χ1v) is 6.44. The van der Waals surface area contributed by atoms with Crippen LogP contribution >= 0.6 is 23.4 Å². The average molecular weight is 268 g/mol. The molecule has 0 aliphatic carbocycles. The molecule has 0 amide bonds. The normalized spacial score (nSPS) is 10.5. The van der Waals surface area contributed by atoms with Gasteiger partial charge in [-0.1, -0.05) is 29.8 Å². The van der Waals surface area contributed by atoms with E-state index in [2.05, 4.69) is 0 Å². The summed E-state index contributed by atoms with van der Waals surface area (Å²) in [7, 11) is 0. The molecule has 4 heteroatoms. The predicted molar refractivity (Wildman–Crippen MR) is 71.8 cm³/mol. The third kappa shape index (κ3) is 3.14. The van der Waals surface area contributed by atoms with Gasteiger partial charge in [0, 0.05) is 21.4 Å². The van der Waals surface area contributed by atoms with Crippen LogP contribution < -0.4 is 5.73 Å². The second-order valence-corrected chi connectivity index (χ2v) is 4.99. The van der Waals surface area contributed by atoms with Gasteiger partial charge in [-0.2, -0.15) is 0 Å². The highest BCUT2D eigenvalue weighted by Crippen LogP contribution is 2.29. The second kappa shape index (κ2) is 5.43. The molecular weight excluding hydrogens is 257 g/mol. The summed E-state index contributed by atoms with van der Waals surface area (Å²) in [6.07, 6.45) is 0. The molecule has 88 valence electrons. The molecule has 0 radical (unpaired) electrons. The largest absolute Gasteiger partial charge is 0.399 e. The van der Waals surface area contributed by atoms with Crippen LogP contribution in [-0.2, 0) is 5.75 Å². The molecule has 0 aromatic heterocycles. The number of anilines is 1. The van der Waals surface area contributed by atoms with E-state index < -0.39 is 0 Å². The van der Waals surface area contributed by atoms with E-state index in [9.17, 15) is 4.39 Å². The van der Waals surface area contributed by atoms with Gasteiger partial charge in [0.1, 0.15) is 5.82 Å². The molecular formula is C13H11ClFNS. The highest BCUT2D eigenvalue weighted by atomic mass is 35.5. The molecule has 0 bridgehead atoms. The van der Waals surface area contributed by atoms with Gasteiger partial charge in [-0.15, -0.1) is 11.8 Å². The van der Waals surface area contributed by atoms with Gasteiger partial charge >= 0.3 is 0 Å². The monoisotopic (exact) mass is 267 g/mol. The van der Waals surface area contributed by atoms with E-state index in [4.69, 9.17) is 17.3 Å². The third-order valence-electron chi connectivity index (χ3n) is 2.30. The van der Waals surface area contributed by atoms with Crippen LogP contribution in [0.25, 0.3) is 0 Å². The van der Waals surface area contributed by atoms with Crippen molar-refractivity contribution in [2.24, 2.45) is 0 Å². The molecule has 2 aromatic rings. The van der Waals surface area contributed by atoms with Crippen molar-refractivity contribution >= 4 is 29.1 Å². The van der Waals surface area contributed by atoms with Gasteiger partial charge in [-0.05, 0) is 29.8 Å². The zero-order valence-corrected chi connectivity index (χ0v) is 10.6. The lowest BCUT2D eigenvalue weighted by Crippen LogP contribution is -1.89. The van der Waals surface area contributed by atoms with Crippen molar-refractivity contribution in [3.63, 3.8) is 0 Å². The molecule has 0 spiro atoms. The Labute approximate surface area is 109 Å². The summed E-state index contributed by atoms with van der Waals surface area (Å²) in [6, 6.07) is 12.3. The minimum atomic E-state index is -0.290. The lowest BCUT2D eigenvalue weighted by atomic mass is 10.2. The van der Waals surface area contributed by atoms with E-state index >= 15 is 0 Å². The summed E-state index contributed by atoms with van der Waals surface area (Å²) in [5.41, 5.74) is 6.92. The predicted octanol–water partition coefficient (Wildman–Crippen LogP) is 4.35. The van der Waals surface area contributed by atoms with Gasteiger partial charge in [0.25, 0.3) is 0 Å². The number of nitrogen functional groups attached to an aromatic ring is 1. The van der Waals surface area contributed by atoms with Gasteiger partial charge in [-0.3, -0.25) is 0 Å². The lowest BCUT2D eigenvalue weighted by Gasteiger charge is -2.05. The van der Waals surface area contributed by atoms with Crippen molar-refractivity contribution in [3.05, 3.63) is 58.9 Å². The Hall–Kier alpha value is -1.19. The highest BCUT2D eigenvalue weighted by molar-refractivity contribution is 7.98. The maximum Gasteiger partial charge on any atom is 0.138 e. The average Bonchev–Trinajstić information content (AvgIpc) is 2.30. The van der Waals surface area contributed by atoms with Crippen LogP contribution in [0.1, 0.15) is 5.56 Å². The fraction of sp³-hybridized carbons (Fsp3) is 0.0769. The number of hydrogen-bond donors (Lipinski definition) is 1. The fourth-order valence-electron chi connectivity index (χ4n) is 1.41. The molecule has 2 N–H and O–H groups in total. The van der Waals surface area contributed by atoms with Gasteiger partial charge in [0.15, 0.2) is 0 Å². The molecule has 0 aliphatic heterocycles. The molecule has 17 heavy (non-hydrogen) atoms. The number of rotatable bonds is 3. The van der Waals surface area contributed by atoms with Crippen LogP contribution in [0.5, 0.6) is 0 Å². The van der Waals surface area contributed by atoms with Crippen molar-refractivity contribution < 1.29 is 4.39 Å². The Kier molecular flexibility index (Phi) is 3.92. The van der Waals surface area contributed by atoms with E-state index in [0.29, 0.717) is 21.4 Å². The standard InChI is InChI=1S/C13H11ClFNS/c14-11-4-2-1-3-9(11)8-17-13-6-5-10(16)7-12(13)15/h1-7H,8,16H2. The Balaban J connectivity index is 2.10. The van der Waals surface area contributed by atoms with Gasteiger partial charge in [-0.25, -0.2) is 4.39 Å². The first-order chi connectivity index (χ1) is 8.16. The van der Waals surface area contributed by atoms with Crippen LogP contribution in [-0.4, -0.2) is 0 Å². The van der Waals surface area contributed by atoms with Crippen LogP contribution in [0.4, 0.5) is 10.1 Å². The third-order valence-corrected chi connectivity index (χ3v) is 3.76. The zero-order valence-electron chi connectivity index (χ0n) is 8.99. The first kappa shape index (κ1) is 12.3. The topological polar surface area (TPSA) is 26.0 Å². The SMILES string of the molecule is Nc1ccc(SCc2ccccc2Cl)c(F)c1. The molecule has 2 rings (SSSR count). The summed E-state index contributed by atoms with van der Waals surface area (Å²) in [5, 5.41) is 0.704. The number of nitrogens with two attached hydrogens (primary N) is 1. The van der Waals surface area contributed by atoms with Crippen molar-refractivity contribution in [1.82, 2.24) is 0 Å². The molecule has 0 fully saturated rings.